The summed E-state index contributed by atoms with van der Waals surface area (Å²) in [6.07, 6.45) is 2.56. The molecule has 0 amide bonds. The number of ether oxygens (including phenoxy) is 1. The molecule has 0 aromatic carbocycles. The fourth-order valence-electron chi connectivity index (χ4n) is 5.28. The number of hydrogen-bond acceptors (Lipinski definition) is 7. The molecule has 6 heterocycles. The summed E-state index contributed by atoms with van der Waals surface area (Å²) in [7, 11) is 0. The molecule has 8 nitrogen and oxygen atoms in total. The first-order chi connectivity index (χ1) is 17.4. The van der Waals surface area contributed by atoms with Gasteiger partial charge in [-0.2, -0.15) is 13.2 Å². The van der Waals surface area contributed by atoms with Gasteiger partial charge in [-0.05, 0) is 57.0 Å². The summed E-state index contributed by atoms with van der Waals surface area (Å²) in [5.41, 5.74) is 8.01. The summed E-state index contributed by atoms with van der Waals surface area (Å²) in [5, 5.41) is 0. The molecule has 11 heteroatoms. The summed E-state index contributed by atoms with van der Waals surface area (Å²) in [4.78, 5) is 20.5. The van der Waals surface area contributed by atoms with E-state index in [4.69, 9.17) is 20.4 Å². The maximum absolute atomic E-state index is 13.5. The van der Waals surface area contributed by atoms with Crippen LogP contribution in [0.5, 0.6) is 0 Å². The molecule has 0 saturated carbocycles. The van der Waals surface area contributed by atoms with Crippen molar-refractivity contribution in [1.29, 1.82) is 0 Å². The molecular formula is C25H26F3N7O. The number of nitrogens with zero attached hydrogens (tertiary/aromatic N) is 6. The average molecular weight is 498 g/mol. The molecule has 0 spiro atoms. The lowest BCUT2D eigenvalue weighted by molar-refractivity contribution is -0.137. The maximum atomic E-state index is 13.5. The number of aromatic nitrogens is 5. The Morgan fingerprint density at radius 3 is 2.53 bits per heavy atom. The Morgan fingerprint density at radius 2 is 1.78 bits per heavy atom. The zero-order valence-corrected chi connectivity index (χ0v) is 19.6. The summed E-state index contributed by atoms with van der Waals surface area (Å²) in [6, 6.07) is 4.64. The van der Waals surface area contributed by atoms with Gasteiger partial charge in [-0.15, -0.1) is 0 Å². The number of nitrogen functional groups attached to an aromatic ring is 1. The van der Waals surface area contributed by atoms with E-state index in [1.165, 1.54) is 19.0 Å². The lowest BCUT2D eigenvalue weighted by Crippen LogP contribution is -2.25. The van der Waals surface area contributed by atoms with E-state index < -0.39 is 17.6 Å². The number of imidazole rings is 1. The summed E-state index contributed by atoms with van der Waals surface area (Å²) in [5.74, 6) is 0.411. The van der Waals surface area contributed by atoms with Gasteiger partial charge in [0, 0.05) is 31.0 Å². The molecule has 0 aliphatic carbocycles. The first-order valence-corrected chi connectivity index (χ1v) is 12.2. The molecule has 4 aromatic heterocycles. The van der Waals surface area contributed by atoms with Gasteiger partial charge in [0.15, 0.2) is 0 Å². The average Bonchev–Trinajstić information content (AvgIpc) is 3.51. The predicted molar refractivity (Wildman–Crippen MR) is 129 cm³/mol. The number of pyridine rings is 3. The van der Waals surface area contributed by atoms with E-state index in [1.54, 1.807) is 18.3 Å². The minimum atomic E-state index is -4.61. The van der Waals surface area contributed by atoms with E-state index in [0.29, 0.717) is 29.9 Å². The smallest absolute Gasteiger partial charge is 0.383 e. The first-order valence-electron chi connectivity index (χ1n) is 12.2. The number of halogens is 3. The topological polar surface area (TPSA) is 95.0 Å². The van der Waals surface area contributed by atoms with Crippen LogP contribution >= 0.6 is 0 Å². The molecule has 36 heavy (non-hydrogen) atoms. The number of fused-ring (bicyclic) bond motifs is 3. The Balaban J connectivity index is 1.53. The van der Waals surface area contributed by atoms with Crippen LogP contribution in [-0.2, 0) is 17.5 Å². The number of alkyl halides is 3. The van der Waals surface area contributed by atoms with Gasteiger partial charge in [0.05, 0.1) is 35.0 Å². The minimum Gasteiger partial charge on any atom is -0.383 e. The molecule has 2 aliphatic rings. The highest BCUT2D eigenvalue weighted by atomic mass is 19.4. The quantitative estimate of drug-likeness (QED) is 0.441. The van der Waals surface area contributed by atoms with E-state index in [2.05, 4.69) is 19.4 Å². The van der Waals surface area contributed by atoms with E-state index in [9.17, 15) is 13.2 Å². The molecule has 188 valence electrons. The van der Waals surface area contributed by atoms with Gasteiger partial charge in [-0.1, -0.05) is 0 Å². The highest BCUT2D eigenvalue weighted by Crippen LogP contribution is 2.36. The van der Waals surface area contributed by atoms with E-state index in [-0.39, 0.29) is 11.6 Å². The zero-order chi connectivity index (χ0) is 24.9. The van der Waals surface area contributed by atoms with Gasteiger partial charge in [-0.3, -0.25) is 9.88 Å². The second kappa shape index (κ2) is 8.97. The summed E-state index contributed by atoms with van der Waals surface area (Å²) in [6.45, 7) is 4.18. The highest BCUT2D eigenvalue weighted by molar-refractivity contribution is 6.00. The molecule has 2 fully saturated rings. The fraction of sp³-hybridized carbons (Fsp3) is 0.440. The fourth-order valence-corrected chi connectivity index (χ4v) is 5.28. The van der Waals surface area contributed by atoms with Gasteiger partial charge >= 0.3 is 6.18 Å². The van der Waals surface area contributed by atoms with Crippen LogP contribution in [0.1, 0.15) is 43.1 Å². The number of rotatable bonds is 4. The van der Waals surface area contributed by atoms with Crippen molar-refractivity contribution >= 4 is 27.9 Å². The Bertz CT molecular complexity index is 1420. The molecule has 0 radical (unpaired) electrons. The first kappa shape index (κ1) is 23.1. The van der Waals surface area contributed by atoms with Crippen molar-refractivity contribution in [3.63, 3.8) is 0 Å². The third-order valence-corrected chi connectivity index (χ3v) is 7.07. The number of anilines is 1. The molecular weight excluding hydrogens is 471 g/mol. The van der Waals surface area contributed by atoms with E-state index in [0.717, 1.165) is 55.4 Å². The molecule has 2 aliphatic heterocycles. The SMILES string of the molecule is Nc1ncc(-c2ccc3ncc4nc(CN5CCCC5)n(C5CCOCC5)c4c3n2)cc1C(F)(F)F. The Morgan fingerprint density at radius 1 is 1.00 bits per heavy atom. The summed E-state index contributed by atoms with van der Waals surface area (Å²) >= 11 is 0. The Labute approximate surface area is 205 Å². The molecule has 0 bridgehead atoms. The lowest BCUT2D eigenvalue weighted by atomic mass is 10.1. The number of nitrogens with two attached hydrogens (primary N) is 1. The van der Waals surface area contributed by atoms with E-state index in [1.807, 2.05) is 0 Å². The Hall–Kier alpha value is -3.31. The van der Waals surface area contributed by atoms with Crippen LogP contribution in [0.25, 0.3) is 33.3 Å². The largest absolute Gasteiger partial charge is 0.419 e. The Kier molecular flexibility index (Phi) is 5.76. The van der Waals surface area contributed by atoms with Gasteiger partial charge < -0.3 is 15.0 Å². The third-order valence-electron chi connectivity index (χ3n) is 7.07. The third kappa shape index (κ3) is 4.16. The molecule has 0 atom stereocenters. The molecule has 0 unspecified atom stereocenters. The monoisotopic (exact) mass is 497 g/mol. The molecule has 4 aromatic rings. The van der Waals surface area contributed by atoms with Crippen LogP contribution in [-0.4, -0.2) is 55.7 Å². The van der Waals surface area contributed by atoms with Crippen LogP contribution in [0, 0.1) is 0 Å². The normalized spacial score (nSPS) is 18.0. The standard InChI is InChI=1S/C25H26F3N7O/c26-25(27,28)17-11-15(12-31-24(17)29)18-3-4-19-22(33-18)23-20(13-30-19)32-21(14-34-7-1-2-8-34)35(23)16-5-9-36-10-6-16/h3-4,11-13,16H,1-2,5-10,14H2,(H2,29,31). The van der Waals surface area contributed by atoms with Crippen LogP contribution in [0.3, 0.4) is 0 Å². The van der Waals surface area contributed by atoms with Crippen molar-refractivity contribution in [3.05, 3.63) is 42.0 Å². The number of likely N-dealkylation sites (tertiary alicyclic amines) is 1. The van der Waals surface area contributed by atoms with Crippen LogP contribution in [0.15, 0.2) is 30.6 Å². The molecule has 2 N–H and O–H groups in total. The van der Waals surface area contributed by atoms with Crippen molar-refractivity contribution in [2.75, 3.05) is 32.0 Å². The van der Waals surface area contributed by atoms with Crippen molar-refractivity contribution in [3.8, 4) is 11.3 Å². The van der Waals surface area contributed by atoms with Crippen LogP contribution in [0.4, 0.5) is 19.0 Å². The summed E-state index contributed by atoms with van der Waals surface area (Å²) < 4.78 is 48.3. The van der Waals surface area contributed by atoms with Gasteiger partial charge in [0.2, 0.25) is 0 Å². The van der Waals surface area contributed by atoms with Crippen molar-refractivity contribution in [2.45, 2.75) is 44.4 Å². The number of hydrogen-bond donors (Lipinski definition) is 1. The van der Waals surface area contributed by atoms with Gasteiger partial charge in [0.25, 0.3) is 0 Å². The zero-order valence-electron chi connectivity index (χ0n) is 19.6. The second-order valence-electron chi connectivity index (χ2n) is 9.44. The van der Waals surface area contributed by atoms with Crippen LogP contribution in [0.2, 0.25) is 0 Å². The van der Waals surface area contributed by atoms with Gasteiger partial charge in [0.1, 0.15) is 22.7 Å². The van der Waals surface area contributed by atoms with Crippen molar-refractivity contribution in [1.82, 2.24) is 29.4 Å². The highest BCUT2D eigenvalue weighted by Gasteiger charge is 2.34. The lowest BCUT2D eigenvalue weighted by Gasteiger charge is -2.27. The van der Waals surface area contributed by atoms with Crippen molar-refractivity contribution in [2.24, 2.45) is 0 Å². The minimum absolute atomic E-state index is 0.201. The molecule has 2 saturated heterocycles. The second-order valence-corrected chi connectivity index (χ2v) is 9.44. The van der Waals surface area contributed by atoms with Gasteiger partial charge in [-0.25, -0.2) is 15.0 Å². The van der Waals surface area contributed by atoms with Crippen molar-refractivity contribution < 1.29 is 17.9 Å². The predicted octanol–water partition coefficient (Wildman–Crippen LogP) is 4.59. The van der Waals surface area contributed by atoms with E-state index >= 15 is 0 Å². The molecule has 6 rings (SSSR count). The maximum Gasteiger partial charge on any atom is 0.419 e. The van der Waals surface area contributed by atoms with Crippen LogP contribution < -0.4 is 5.73 Å².